The highest BCUT2D eigenvalue weighted by atomic mass is 32.2. The maximum atomic E-state index is 12.5. The second-order valence-electron chi connectivity index (χ2n) is 5.36. The number of benzene rings is 1. The molecule has 0 bridgehead atoms. The van der Waals surface area contributed by atoms with Gasteiger partial charge in [0.05, 0.1) is 4.90 Å². The smallest absolute Gasteiger partial charge is 0.241 e. The van der Waals surface area contributed by atoms with Crippen LogP contribution in [-0.2, 0) is 14.8 Å². The van der Waals surface area contributed by atoms with E-state index in [-0.39, 0.29) is 10.8 Å². The topological polar surface area (TPSA) is 75.3 Å². The van der Waals surface area contributed by atoms with Gasteiger partial charge in [-0.2, -0.15) is 0 Å². The van der Waals surface area contributed by atoms with Gasteiger partial charge in [-0.15, -0.1) is 13.2 Å². The minimum absolute atomic E-state index is 0.140. The third-order valence-corrected chi connectivity index (χ3v) is 4.71. The summed E-state index contributed by atoms with van der Waals surface area (Å²) < 4.78 is 27.6. The maximum Gasteiger partial charge on any atom is 0.241 e. The van der Waals surface area contributed by atoms with Gasteiger partial charge in [-0.05, 0) is 44.0 Å². The van der Waals surface area contributed by atoms with Gasteiger partial charge < -0.3 is 5.32 Å². The van der Waals surface area contributed by atoms with E-state index in [0.717, 1.165) is 0 Å². The van der Waals surface area contributed by atoms with Crippen molar-refractivity contribution in [2.45, 2.75) is 37.1 Å². The first-order valence-electron chi connectivity index (χ1n) is 6.86. The largest absolute Gasteiger partial charge is 0.326 e. The molecule has 5 nitrogen and oxygen atoms in total. The molecule has 0 atom stereocenters. The van der Waals surface area contributed by atoms with E-state index in [4.69, 9.17) is 0 Å². The minimum atomic E-state index is -3.67. The fraction of sp³-hybridized carbons (Fsp3) is 0.312. The Morgan fingerprint density at radius 1 is 1.18 bits per heavy atom. The molecule has 120 valence electrons. The molecule has 0 radical (unpaired) electrons. The van der Waals surface area contributed by atoms with Crippen molar-refractivity contribution in [2.24, 2.45) is 0 Å². The summed E-state index contributed by atoms with van der Waals surface area (Å²) in [5.41, 5.74) is -0.120. The lowest BCUT2D eigenvalue weighted by atomic mass is 9.95. The van der Waals surface area contributed by atoms with E-state index in [0.29, 0.717) is 18.5 Å². The number of amides is 1. The second kappa shape index (κ2) is 7.38. The Morgan fingerprint density at radius 3 is 2.09 bits per heavy atom. The van der Waals surface area contributed by atoms with E-state index < -0.39 is 15.6 Å². The molecule has 1 aromatic rings. The number of hydrogen-bond acceptors (Lipinski definition) is 3. The predicted octanol–water partition coefficient (Wildman–Crippen LogP) is 2.83. The lowest BCUT2D eigenvalue weighted by Crippen LogP contribution is -2.45. The van der Waals surface area contributed by atoms with Crippen LogP contribution in [0.1, 0.15) is 26.7 Å². The van der Waals surface area contributed by atoms with Crippen molar-refractivity contribution in [3.05, 3.63) is 49.6 Å². The highest BCUT2D eigenvalue weighted by Gasteiger charge is 2.28. The zero-order valence-electron chi connectivity index (χ0n) is 12.9. The fourth-order valence-corrected chi connectivity index (χ4v) is 3.54. The molecule has 0 aliphatic carbocycles. The number of hydrogen-bond donors (Lipinski definition) is 2. The number of rotatable bonds is 8. The Morgan fingerprint density at radius 2 is 1.68 bits per heavy atom. The van der Waals surface area contributed by atoms with Crippen molar-refractivity contribution in [3.8, 4) is 0 Å². The molecule has 0 aromatic heterocycles. The molecule has 22 heavy (non-hydrogen) atoms. The van der Waals surface area contributed by atoms with Crippen LogP contribution in [0.2, 0.25) is 0 Å². The Balaban J connectivity index is 3.00. The van der Waals surface area contributed by atoms with Gasteiger partial charge in [0.1, 0.15) is 0 Å². The molecular weight excluding hydrogens is 300 g/mol. The van der Waals surface area contributed by atoms with Gasteiger partial charge in [-0.25, -0.2) is 13.1 Å². The highest BCUT2D eigenvalue weighted by Crippen LogP contribution is 2.21. The Hall–Kier alpha value is -1.92. The van der Waals surface area contributed by atoms with E-state index in [2.05, 4.69) is 23.2 Å². The number of carbonyl (C=O) groups is 1. The maximum absolute atomic E-state index is 12.5. The fourth-order valence-electron chi connectivity index (χ4n) is 2.11. The first kappa shape index (κ1) is 18.1. The average molecular weight is 322 g/mol. The summed E-state index contributed by atoms with van der Waals surface area (Å²) in [4.78, 5) is 11.1. The summed E-state index contributed by atoms with van der Waals surface area (Å²) in [7, 11) is -3.67. The van der Waals surface area contributed by atoms with Crippen LogP contribution in [0.3, 0.4) is 0 Å². The molecular formula is C16H22N2O3S. The molecule has 0 spiro atoms. The van der Waals surface area contributed by atoms with E-state index in [1.165, 1.54) is 19.1 Å². The molecule has 2 N–H and O–H groups in total. The first-order chi connectivity index (χ1) is 10.2. The molecule has 0 fully saturated rings. The average Bonchev–Trinajstić information content (AvgIpc) is 2.38. The van der Waals surface area contributed by atoms with Gasteiger partial charge in [-0.3, -0.25) is 4.79 Å². The third kappa shape index (κ3) is 5.13. The normalized spacial score (nSPS) is 11.7. The molecule has 0 aliphatic rings. The van der Waals surface area contributed by atoms with Gasteiger partial charge in [-0.1, -0.05) is 12.2 Å². The van der Waals surface area contributed by atoms with Crippen molar-refractivity contribution >= 4 is 21.6 Å². The third-order valence-electron chi connectivity index (χ3n) is 3.06. The minimum Gasteiger partial charge on any atom is -0.326 e. The predicted molar refractivity (Wildman–Crippen MR) is 89.1 cm³/mol. The molecule has 1 rings (SSSR count). The van der Waals surface area contributed by atoms with E-state index in [9.17, 15) is 13.2 Å². The van der Waals surface area contributed by atoms with E-state index >= 15 is 0 Å². The van der Waals surface area contributed by atoms with Crippen LogP contribution in [-0.4, -0.2) is 19.9 Å². The second-order valence-corrected chi connectivity index (χ2v) is 7.04. The summed E-state index contributed by atoms with van der Waals surface area (Å²) in [6, 6.07) is 6.01. The number of carbonyl (C=O) groups excluding carboxylic acids is 1. The molecule has 0 aliphatic heterocycles. The molecule has 0 heterocycles. The molecule has 6 heteroatoms. The van der Waals surface area contributed by atoms with Crippen LogP contribution in [0.25, 0.3) is 0 Å². The van der Waals surface area contributed by atoms with Crippen molar-refractivity contribution in [3.63, 3.8) is 0 Å². The number of sulfonamides is 1. The van der Waals surface area contributed by atoms with Crippen LogP contribution in [0.5, 0.6) is 0 Å². The summed E-state index contributed by atoms with van der Waals surface area (Å²) in [6.45, 7) is 10.5. The van der Waals surface area contributed by atoms with Crippen molar-refractivity contribution in [1.82, 2.24) is 4.72 Å². The van der Waals surface area contributed by atoms with Gasteiger partial charge in [0.2, 0.25) is 15.9 Å². The summed E-state index contributed by atoms with van der Waals surface area (Å²) in [6.07, 6.45) is 4.32. The Labute approximate surface area is 132 Å². The summed E-state index contributed by atoms with van der Waals surface area (Å²) in [5, 5.41) is 2.59. The van der Waals surface area contributed by atoms with Crippen LogP contribution in [0.15, 0.2) is 54.5 Å². The van der Waals surface area contributed by atoms with E-state index in [1.54, 1.807) is 31.2 Å². The SMILES string of the molecule is C=CCC(C)(CC=C)NS(=O)(=O)c1ccc(NC(C)=O)cc1. The summed E-state index contributed by atoms with van der Waals surface area (Å²) >= 11 is 0. The standard InChI is InChI=1S/C16H22N2O3S/c1-5-11-16(4,12-6-2)18-22(20,21)15-9-7-14(8-10-15)17-13(3)19/h5-10,18H,1-2,11-12H2,3-4H3,(H,17,19). The summed E-state index contributed by atoms with van der Waals surface area (Å²) in [5.74, 6) is -0.210. The number of nitrogens with one attached hydrogen (secondary N) is 2. The van der Waals surface area contributed by atoms with Crippen molar-refractivity contribution in [1.29, 1.82) is 0 Å². The molecule has 0 unspecified atom stereocenters. The molecule has 0 saturated carbocycles. The zero-order valence-corrected chi connectivity index (χ0v) is 13.7. The lowest BCUT2D eigenvalue weighted by Gasteiger charge is -2.28. The molecule has 1 amide bonds. The monoisotopic (exact) mass is 322 g/mol. The van der Waals surface area contributed by atoms with Crippen LogP contribution in [0.4, 0.5) is 5.69 Å². The van der Waals surface area contributed by atoms with Gasteiger partial charge >= 0.3 is 0 Å². The van der Waals surface area contributed by atoms with Crippen LogP contribution < -0.4 is 10.0 Å². The molecule has 0 saturated heterocycles. The zero-order chi connectivity index (χ0) is 16.8. The first-order valence-corrected chi connectivity index (χ1v) is 8.34. The van der Waals surface area contributed by atoms with Crippen LogP contribution >= 0.6 is 0 Å². The van der Waals surface area contributed by atoms with Crippen molar-refractivity contribution in [2.75, 3.05) is 5.32 Å². The van der Waals surface area contributed by atoms with E-state index in [1.807, 2.05) is 0 Å². The Kier molecular flexibility index (Phi) is 6.08. The van der Waals surface area contributed by atoms with Crippen LogP contribution in [0, 0.1) is 0 Å². The van der Waals surface area contributed by atoms with Gasteiger partial charge in [0.25, 0.3) is 0 Å². The highest BCUT2D eigenvalue weighted by molar-refractivity contribution is 7.89. The van der Waals surface area contributed by atoms with Gasteiger partial charge in [0.15, 0.2) is 0 Å². The van der Waals surface area contributed by atoms with Gasteiger partial charge in [0, 0.05) is 18.2 Å². The molecule has 1 aromatic carbocycles. The lowest BCUT2D eigenvalue weighted by molar-refractivity contribution is -0.114. The quantitative estimate of drug-likeness (QED) is 0.723. The van der Waals surface area contributed by atoms with Crippen molar-refractivity contribution < 1.29 is 13.2 Å². The number of anilines is 1. The Bertz CT molecular complexity index is 638.